The summed E-state index contributed by atoms with van der Waals surface area (Å²) in [6.45, 7) is 1.81. The van der Waals surface area contributed by atoms with Gasteiger partial charge >= 0.3 is 0 Å². The van der Waals surface area contributed by atoms with E-state index in [1.54, 1.807) is 36.4 Å². The molecule has 3 aromatic rings. The average molecular weight is 320 g/mol. The molecular formula is C16H11Cl2NO2. The fraction of sp³-hybridized carbons (Fsp3) is 0.0625. The van der Waals surface area contributed by atoms with Gasteiger partial charge in [-0.2, -0.15) is 0 Å². The molecule has 0 aliphatic rings. The van der Waals surface area contributed by atoms with Gasteiger partial charge in [0.05, 0.1) is 15.9 Å². The number of rotatable bonds is 2. The molecule has 0 fully saturated rings. The van der Waals surface area contributed by atoms with E-state index in [-0.39, 0.29) is 5.43 Å². The van der Waals surface area contributed by atoms with Crippen molar-refractivity contribution in [3.05, 3.63) is 68.4 Å². The molecular weight excluding hydrogens is 309 g/mol. The lowest BCUT2D eigenvalue weighted by molar-refractivity contribution is 0.487. The van der Waals surface area contributed by atoms with Crippen LogP contribution >= 0.6 is 23.2 Å². The molecule has 0 aliphatic heterocycles. The lowest BCUT2D eigenvalue weighted by Gasteiger charge is -2.10. The molecule has 3 nitrogen and oxygen atoms in total. The van der Waals surface area contributed by atoms with E-state index in [1.165, 1.54) is 6.07 Å². The van der Waals surface area contributed by atoms with E-state index in [4.69, 9.17) is 27.9 Å². The van der Waals surface area contributed by atoms with Gasteiger partial charge in [-0.3, -0.25) is 4.79 Å². The van der Waals surface area contributed by atoms with Crippen LogP contribution in [0.2, 0.25) is 10.0 Å². The highest BCUT2D eigenvalue weighted by Crippen LogP contribution is 2.31. The van der Waals surface area contributed by atoms with Gasteiger partial charge in [0.15, 0.2) is 11.2 Å². The number of halogens is 2. The number of hydrogen-bond donors (Lipinski definition) is 1. The minimum absolute atomic E-state index is 0.132. The number of hydrogen-bond acceptors (Lipinski definition) is 2. The molecule has 0 saturated carbocycles. The Morgan fingerprint density at radius 3 is 2.48 bits per heavy atom. The molecule has 106 valence electrons. The normalized spacial score (nSPS) is 10.8. The van der Waals surface area contributed by atoms with Gasteiger partial charge in [-0.05, 0) is 43.3 Å². The number of benzene rings is 2. The summed E-state index contributed by atoms with van der Waals surface area (Å²) in [6, 6.07) is 11.9. The Morgan fingerprint density at radius 2 is 1.76 bits per heavy atom. The quantitative estimate of drug-likeness (QED) is 0.727. The number of fused-ring (bicyclic) bond motifs is 1. The van der Waals surface area contributed by atoms with Crippen LogP contribution in [-0.2, 0) is 0 Å². The fourth-order valence-corrected chi connectivity index (χ4v) is 2.52. The summed E-state index contributed by atoms with van der Waals surface area (Å²) < 4.78 is 5.82. The van der Waals surface area contributed by atoms with E-state index in [9.17, 15) is 4.79 Å². The molecule has 0 aliphatic carbocycles. The average Bonchev–Trinajstić information content (AvgIpc) is 2.43. The SMILES string of the molecule is Cc1cc(=O)c2c(Cl)ccc(Oc3ccc(Cl)cc3)c2[nH]1. The molecule has 1 heterocycles. The second-order valence-corrected chi connectivity index (χ2v) is 5.51. The number of aromatic nitrogens is 1. The Labute approximate surface area is 131 Å². The first-order valence-corrected chi connectivity index (χ1v) is 7.06. The van der Waals surface area contributed by atoms with Crippen molar-refractivity contribution in [2.45, 2.75) is 6.92 Å². The predicted octanol–water partition coefficient (Wildman–Crippen LogP) is 4.94. The molecule has 2 aromatic carbocycles. The molecule has 0 saturated heterocycles. The van der Waals surface area contributed by atoms with Gasteiger partial charge < -0.3 is 9.72 Å². The van der Waals surface area contributed by atoms with E-state index in [0.717, 1.165) is 5.69 Å². The lowest BCUT2D eigenvalue weighted by Crippen LogP contribution is -2.04. The largest absolute Gasteiger partial charge is 0.455 e. The number of H-pyrrole nitrogens is 1. The molecule has 0 amide bonds. The second-order valence-electron chi connectivity index (χ2n) is 4.67. The van der Waals surface area contributed by atoms with Crippen molar-refractivity contribution in [3.63, 3.8) is 0 Å². The third-order valence-corrected chi connectivity index (χ3v) is 3.64. The van der Waals surface area contributed by atoms with E-state index < -0.39 is 0 Å². The van der Waals surface area contributed by atoms with Crippen LogP contribution < -0.4 is 10.2 Å². The molecule has 1 N–H and O–H groups in total. The van der Waals surface area contributed by atoms with Gasteiger partial charge in [0.2, 0.25) is 0 Å². The number of ether oxygens (including phenoxy) is 1. The molecule has 0 bridgehead atoms. The highest BCUT2D eigenvalue weighted by atomic mass is 35.5. The summed E-state index contributed by atoms with van der Waals surface area (Å²) in [5, 5.41) is 1.45. The van der Waals surface area contributed by atoms with Crippen LogP contribution in [0.25, 0.3) is 10.9 Å². The number of pyridine rings is 1. The summed E-state index contributed by atoms with van der Waals surface area (Å²) in [4.78, 5) is 15.2. The van der Waals surface area contributed by atoms with Crippen molar-refractivity contribution in [1.29, 1.82) is 0 Å². The molecule has 0 unspecified atom stereocenters. The first-order valence-electron chi connectivity index (χ1n) is 6.30. The van der Waals surface area contributed by atoms with E-state index in [2.05, 4.69) is 4.98 Å². The number of nitrogens with one attached hydrogen (secondary N) is 1. The first-order chi connectivity index (χ1) is 10.0. The first kappa shape index (κ1) is 14.0. The van der Waals surface area contributed by atoms with Crippen molar-refractivity contribution in [2.75, 3.05) is 0 Å². The molecule has 0 atom stereocenters. The Balaban J connectivity index is 2.17. The third kappa shape index (κ3) is 2.75. The van der Waals surface area contributed by atoms with Crippen molar-refractivity contribution in [1.82, 2.24) is 4.98 Å². The Hall–Kier alpha value is -1.97. The maximum atomic E-state index is 12.1. The standard InChI is InChI=1S/C16H11Cl2NO2/c1-9-8-13(20)15-12(18)6-7-14(16(15)19-9)21-11-4-2-10(17)3-5-11/h2-8H,1H3,(H,19,20). The zero-order valence-electron chi connectivity index (χ0n) is 11.1. The van der Waals surface area contributed by atoms with E-state index in [1.807, 2.05) is 6.92 Å². The van der Waals surface area contributed by atoms with Gasteiger partial charge in [-0.15, -0.1) is 0 Å². The Bertz CT molecular complexity index is 870. The third-order valence-electron chi connectivity index (χ3n) is 3.07. The molecule has 1 aromatic heterocycles. The summed E-state index contributed by atoms with van der Waals surface area (Å²) in [5.74, 6) is 1.17. The lowest BCUT2D eigenvalue weighted by atomic mass is 10.2. The molecule has 21 heavy (non-hydrogen) atoms. The second kappa shape index (κ2) is 5.43. The summed E-state index contributed by atoms with van der Waals surface area (Å²) in [5.41, 5.74) is 1.20. The van der Waals surface area contributed by atoms with Crippen LogP contribution in [-0.4, -0.2) is 4.98 Å². The topological polar surface area (TPSA) is 42.1 Å². The highest BCUT2D eigenvalue weighted by molar-refractivity contribution is 6.35. The molecule has 3 rings (SSSR count). The Morgan fingerprint density at radius 1 is 1.05 bits per heavy atom. The maximum absolute atomic E-state index is 12.1. The summed E-state index contributed by atoms with van der Waals surface area (Å²) >= 11 is 12.0. The number of aryl methyl sites for hydroxylation is 1. The maximum Gasteiger partial charge on any atom is 0.191 e. The zero-order valence-corrected chi connectivity index (χ0v) is 12.6. The molecule has 5 heteroatoms. The van der Waals surface area contributed by atoms with Crippen molar-refractivity contribution >= 4 is 34.1 Å². The van der Waals surface area contributed by atoms with Crippen LogP contribution in [0.5, 0.6) is 11.5 Å². The van der Waals surface area contributed by atoms with Gasteiger partial charge in [-0.25, -0.2) is 0 Å². The number of aromatic amines is 1. The van der Waals surface area contributed by atoms with Crippen LogP contribution in [0.1, 0.15) is 5.69 Å². The van der Waals surface area contributed by atoms with Gasteiger partial charge in [0.25, 0.3) is 0 Å². The summed E-state index contributed by atoms with van der Waals surface area (Å²) in [6.07, 6.45) is 0. The van der Waals surface area contributed by atoms with Crippen molar-refractivity contribution < 1.29 is 4.74 Å². The highest BCUT2D eigenvalue weighted by Gasteiger charge is 2.11. The van der Waals surface area contributed by atoms with Crippen molar-refractivity contribution in [3.8, 4) is 11.5 Å². The molecule has 0 radical (unpaired) electrons. The summed E-state index contributed by atoms with van der Waals surface area (Å²) in [7, 11) is 0. The van der Waals surface area contributed by atoms with Gasteiger partial charge in [0.1, 0.15) is 5.75 Å². The van der Waals surface area contributed by atoms with E-state index in [0.29, 0.717) is 32.4 Å². The smallest absolute Gasteiger partial charge is 0.191 e. The van der Waals surface area contributed by atoms with E-state index >= 15 is 0 Å². The van der Waals surface area contributed by atoms with Gasteiger partial charge in [0, 0.05) is 16.8 Å². The Kier molecular flexibility index (Phi) is 3.62. The van der Waals surface area contributed by atoms with Crippen molar-refractivity contribution in [2.24, 2.45) is 0 Å². The van der Waals surface area contributed by atoms with Crippen LogP contribution in [0.3, 0.4) is 0 Å². The predicted molar refractivity (Wildman–Crippen MR) is 85.8 cm³/mol. The zero-order chi connectivity index (χ0) is 15.0. The van der Waals surface area contributed by atoms with Crippen LogP contribution in [0.4, 0.5) is 0 Å². The van der Waals surface area contributed by atoms with Crippen LogP contribution in [0, 0.1) is 6.92 Å². The molecule has 0 spiro atoms. The van der Waals surface area contributed by atoms with Gasteiger partial charge in [-0.1, -0.05) is 23.2 Å². The fourth-order valence-electron chi connectivity index (χ4n) is 2.14. The monoisotopic (exact) mass is 319 g/mol. The minimum Gasteiger partial charge on any atom is -0.455 e. The minimum atomic E-state index is -0.132. The van der Waals surface area contributed by atoms with Crippen LogP contribution in [0.15, 0.2) is 47.3 Å².